The first kappa shape index (κ1) is 15.5. The fourth-order valence-corrected chi connectivity index (χ4v) is 2.87. The van der Waals surface area contributed by atoms with Crippen LogP contribution in [-0.4, -0.2) is 24.7 Å². The summed E-state index contributed by atoms with van der Waals surface area (Å²) >= 11 is 0. The number of hydrogen-bond acceptors (Lipinski definition) is 2. The zero-order valence-electron chi connectivity index (χ0n) is 13.2. The number of nitrogens with one attached hydrogen (secondary N) is 1. The zero-order chi connectivity index (χ0) is 15.9. The minimum Gasteiger partial charge on any atom is -0.354 e. The van der Waals surface area contributed by atoms with Crippen molar-refractivity contribution >= 4 is 12.1 Å². The Labute approximate surface area is 137 Å². The second-order valence-corrected chi connectivity index (χ2v) is 5.94. The van der Waals surface area contributed by atoms with Crippen molar-refractivity contribution < 1.29 is 4.79 Å². The smallest absolute Gasteiger partial charge is 0.244 e. The first-order chi connectivity index (χ1) is 11.3. The van der Waals surface area contributed by atoms with Crippen LogP contribution in [0.3, 0.4) is 0 Å². The summed E-state index contributed by atoms with van der Waals surface area (Å²) in [6.45, 7) is 0.773. The van der Waals surface area contributed by atoms with Crippen molar-refractivity contribution in [2.24, 2.45) is 4.99 Å². The molecule has 1 amide bonds. The third kappa shape index (κ3) is 4.28. The third-order valence-electron chi connectivity index (χ3n) is 4.19. The summed E-state index contributed by atoms with van der Waals surface area (Å²) in [6.07, 6.45) is 5.67. The van der Waals surface area contributed by atoms with Gasteiger partial charge in [0.1, 0.15) is 6.04 Å². The summed E-state index contributed by atoms with van der Waals surface area (Å²) < 4.78 is 0. The molecule has 2 aromatic rings. The Balaban J connectivity index is 1.77. The third-order valence-corrected chi connectivity index (χ3v) is 4.19. The molecule has 1 saturated heterocycles. The standard InChI is InChI=1S/C20H22N2O/c23-20-19(12-6-7-13-21-20)22-15-18-11-5-4-10-17(18)14-16-8-2-1-3-9-16/h1-5,8-11,15,19H,6-7,12-14H2,(H,21,23). The average Bonchev–Trinajstić information content (AvgIpc) is 2.79. The van der Waals surface area contributed by atoms with Crippen LogP contribution in [-0.2, 0) is 11.2 Å². The second-order valence-electron chi connectivity index (χ2n) is 5.94. The Morgan fingerprint density at radius 1 is 1.04 bits per heavy atom. The van der Waals surface area contributed by atoms with Crippen molar-refractivity contribution in [2.75, 3.05) is 6.54 Å². The van der Waals surface area contributed by atoms with Gasteiger partial charge in [-0.25, -0.2) is 0 Å². The summed E-state index contributed by atoms with van der Waals surface area (Å²) in [5.41, 5.74) is 3.60. The van der Waals surface area contributed by atoms with Crippen LogP contribution < -0.4 is 5.32 Å². The molecule has 0 spiro atoms. The van der Waals surface area contributed by atoms with Crippen LogP contribution in [0.5, 0.6) is 0 Å². The number of benzene rings is 2. The Kier molecular flexibility index (Phi) is 5.20. The molecule has 3 rings (SSSR count). The van der Waals surface area contributed by atoms with Gasteiger partial charge in [0.25, 0.3) is 0 Å². The molecule has 3 heteroatoms. The van der Waals surface area contributed by atoms with E-state index in [1.54, 1.807) is 0 Å². The van der Waals surface area contributed by atoms with Gasteiger partial charge >= 0.3 is 0 Å². The molecule has 0 radical (unpaired) electrons. The molecular weight excluding hydrogens is 284 g/mol. The molecule has 0 saturated carbocycles. The maximum absolute atomic E-state index is 12.0. The molecule has 118 valence electrons. The van der Waals surface area contributed by atoms with Crippen LogP contribution in [0, 0.1) is 0 Å². The Morgan fingerprint density at radius 2 is 1.83 bits per heavy atom. The Hall–Kier alpha value is -2.42. The number of carbonyl (C=O) groups is 1. The molecule has 1 atom stereocenters. The van der Waals surface area contributed by atoms with Gasteiger partial charge in [0.2, 0.25) is 5.91 Å². The fourth-order valence-electron chi connectivity index (χ4n) is 2.87. The van der Waals surface area contributed by atoms with E-state index >= 15 is 0 Å². The molecule has 1 aliphatic heterocycles. The summed E-state index contributed by atoms with van der Waals surface area (Å²) in [5, 5.41) is 2.93. The highest BCUT2D eigenvalue weighted by atomic mass is 16.2. The number of amides is 1. The lowest BCUT2D eigenvalue weighted by atomic mass is 10.0. The van der Waals surface area contributed by atoms with Gasteiger partial charge in [-0.3, -0.25) is 9.79 Å². The van der Waals surface area contributed by atoms with E-state index in [1.807, 2.05) is 24.4 Å². The van der Waals surface area contributed by atoms with E-state index < -0.39 is 0 Å². The SMILES string of the molecule is O=C1NCCCCC1N=Cc1ccccc1Cc1ccccc1. The van der Waals surface area contributed by atoms with Gasteiger partial charge in [0.05, 0.1) is 0 Å². The first-order valence-corrected chi connectivity index (χ1v) is 8.25. The van der Waals surface area contributed by atoms with Crippen LogP contribution in [0.1, 0.15) is 36.0 Å². The highest BCUT2D eigenvalue weighted by Crippen LogP contribution is 2.14. The van der Waals surface area contributed by atoms with Crippen molar-refractivity contribution in [3.63, 3.8) is 0 Å². The molecule has 1 N–H and O–H groups in total. The minimum absolute atomic E-state index is 0.0549. The second kappa shape index (κ2) is 7.73. The van der Waals surface area contributed by atoms with E-state index in [-0.39, 0.29) is 11.9 Å². The highest BCUT2D eigenvalue weighted by Gasteiger charge is 2.18. The molecular formula is C20H22N2O. The molecule has 1 fully saturated rings. The summed E-state index contributed by atoms with van der Waals surface area (Å²) in [5.74, 6) is 0.0549. The summed E-state index contributed by atoms with van der Waals surface area (Å²) in [4.78, 5) is 16.5. The van der Waals surface area contributed by atoms with Gasteiger partial charge in [-0.15, -0.1) is 0 Å². The quantitative estimate of drug-likeness (QED) is 0.865. The molecule has 0 bridgehead atoms. The fraction of sp³-hybridized carbons (Fsp3) is 0.300. The average molecular weight is 306 g/mol. The van der Waals surface area contributed by atoms with Gasteiger partial charge in [-0.2, -0.15) is 0 Å². The first-order valence-electron chi connectivity index (χ1n) is 8.25. The molecule has 0 aromatic heterocycles. The molecule has 1 unspecified atom stereocenters. The maximum Gasteiger partial charge on any atom is 0.244 e. The number of nitrogens with zero attached hydrogens (tertiary/aromatic N) is 1. The molecule has 3 nitrogen and oxygen atoms in total. The largest absolute Gasteiger partial charge is 0.354 e. The predicted molar refractivity (Wildman–Crippen MR) is 93.9 cm³/mol. The van der Waals surface area contributed by atoms with Crippen molar-refractivity contribution in [2.45, 2.75) is 31.7 Å². The van der Waals surface area contributed by atoms with E-state index in [9.17, 15) is 4.79 Å². The van der Waals surface area contributed by atoms with E-state index in [1.165, 1.54) is 11.1 Å². The van der Waals surface area contributed by atoms with Crippen molar-refractivity contribution in [3.8, 4) is 0 Å². The van der Waals surface area contributed by atoms with Gasteiger partial charge in [-0.05, 0) is 42.4 Å². The van der Waals surface area contributed by atoms with E-state index in [0.717, 1.165) is 37.8 Å². The highest BCUT2D eigenvalue weighted by molar-refractivity contribution is 5.87. The predicted octanol–water partition coefficient (Wildman–Crippen LogP) is 3.37. The number of rotatable bonds is 4. The van der Waals surface area contributed by atoms with Crippen LogP contribution >= 0.6 is 0 Å². The lowest BCUT2D eigenvalue weighted by Gasteiger charge is -2.09. The number of carbonyl (C=O) groups excluding carboxylic acids is 1. The topological polar surface area (TPSA) is 41.5 Å². The molecule has 23 heavy (non-hydrogen) atoms. The Morgan fingerprint density at radius 3 is 2.70 bits per heavy atom. The molecule has 1 heterocycles. The lowest BCUT2D eigenvalue weighted by molar-refractivity contribution is -0.121. The molecule has 0 aliphatic carbocycles. The van der Waals surface area contributed by atoms with Gasteiger partial charge in [0, 0.05) is 12.8 Å². The van der Waals surface area contributed by atoms with Gasteiger partial charge in [-0.1, -0.05) is 54.6 Å². The van der Waals surface area contributed by atoms with Crippen LogP contribution in [0.2, 0.25) is 0 Å². The normalized spacial score (nSPS) is 18.6. The van der Waals surface area contributed by atoms with Crippen molar-refractivity contribution in [3.05, 3.63) is 71.3 Å². The zero-order valence-corrected chi connectivity index (χ0v) is 13.2. The van der Waals surface area contributed by atoms with E-state index in [0.29, 0.717) is 0 Å². The van der Waals surface area contributed by atoms with Crippen LogP contribution in [0.15, 0.2) is 59.6 Å². The summed E-state index contributed by atoms with van der Waals surface area (Å²) in [6, 6.07) is 18.4. The lowest BCUT2D eigenvalue weighted by Crippen LogP contribution is -2.31. The van der Waals surface area contributed by atoms with Crippen molar-refractivity contribution in [1.29, 1.82) is 0 Å². The van der Waals surface area contributed by atoms with E-state index in [4.69, 9.17) is 0 Å². The summed E-state index contributed by atoms with van der Waals surface area (Å²) in [7, 11) is 0. The van der Waals surface area contributed by atoms with Gasteiger partial charge < -0.3 is 5.32 Å². The Bertz CT molecular complexity index is 679. The number of aliphatic imine (C=N–C) groups is 1. The monoisotopic (exact) mass is 306 g/mol. The maximum atomic E-state index is 12.0. The molecule has 2 aromatic carbocycles. The van der Waals surface area contributed by atoms with Crippen molar-refractivity contribution in [1.82, 2.24) is 5.32 Å². The minimum atomic E-state index is -0.248. The molecule has 1 aliphatic rings. The van der Waals surface area contributed by atoms with Gasteiger partial charge in [0.15, 0.2) is 0 Å². The van der Waals surface area contributed by atoms with E-state index in [2.05, 4.69) is 46.7 Å². The van der Waals surface area contributed by atoms with Crippen LogP contribution in [0.25, 0.3) is 0 Å². The number of hydrogen-bond donors (Lipinski definition) is 1. The van der Waals surface area contributed by atoms with Crippen LogP contribution in [0.4, 0.5) is 0 Å².